The Morgan fingerprint density at radius 2 is 1.90 bits per heavy atom. The summed E-state index contributed by atoms with van der Waals surface area (Å²) in [5.74, 6) is -0.429. The Labute approximate surface area is 173 Å². The predicted octanol–water partition coefficient (Wildman–Crippen LogP) is 4.21. The van der Waals surface area contributed by atoms with Crippen molar-refractivity contribution in [3.8, 4) is 16.3 Å². The van der Waals surface area contributed by atoms with Crippen molar-refractivity contribution in [3.63, 3.8) is 0 Å². The van der Waals surface area contributed by atoms with Gasteiger partial charge in [-0.1, -0.05) is 18.2 Å². The van der Waals surface area contributed by atoms with Gasteiger partial charge in [0.2, 0.25) is 0 Å². The van der Waals surface area contributed by atoms with E-state index in [4.69, 9.17) is 4.74 Å². The van der Waals surface area contributed by atoms with Crippen molar-refractivity contribution in [1.82, 2.24) is 10.3 Å². The molecule has 0 spiro atoms. The lowest BCUT2D eigenvalue weighted by molar-refractivity contribution is -0.137. The zero-order valence-corrected chi connectivity index (χ0v) is 16.4. The molecule has 0 aliphatic rings. The molecule has 30 heavy (non-hydrogen) atoms. The molecule has 3 rings (SSSR count). The van der Waals surface area contributed by atoms with Crippen LogP contribution in [-0.4, -0.2) is 30.5 Å². The van der Waals surface area contributed by atoms with Crippen molar-refractivity contribution in [2.75, 3.05) is 19.0 Å². The van der Waals surface area contributed by atoms with Gasteiger partial charge in [0.15, 0.2) is 6.61 Å². The van der Waals surface area contributed by atoms with E-state index >= 15 is 0 Å². The number of alkyl halides is 3. The SMILES string of the molecule is CNC(=O)COc1cccc(NC(=O)c2csc(-c3cccc(C(F)(F)F)c3)n2)c1. The number of aromatic nitrogens is 1. The summed E-state index contributed by atoms with van der Waals surface area (Å²) < 4.78 is 44.0. The zero-order valence-electron chi connectivity index (χ0n) is 15.6. The number of carbonyl (C=O) groups excluding carboxylic acids is 2. The number of nitrogens with zero attached hydrogens (tertiary/aromatic N) is 1. The van der Waals surface area contributed by atoms with E-state index in [0.717, 1.165) is 23.5 Å². The van der Waals surface area contributed by atoms with E-state index < -0.39 is 17.6 Å². The number of hydrogen-bond donors (Lipinski definition) is 2. The Bertz CT molecular complexity index is 1070. The molecule has 10 heteroatoms. The lowest BCUT2D eigenvalue weighted by Gasteiger charge is -2.08. The first kappa shape index (κ1) is 21.3. The first-order chi connectivity index (χ1) is 14.3. The van der Waals surface area contributed by atoms with Crippen LogP contribution in [0.2, 0.25) is 0 Å². The minimum atomic E-state index is -4.46. The fourth-order valence-corrected chi connectivity index (χ4v) is 3.22. The molecule has 0 fully saturated rings. The third-order valence-corrected chi connectivity index (χ3v) is 4.81. The van der Waals surface area contributed by atoms with E-state index in [2.05, 4.69) is 15.6 Å². The maximum atomic E-state index is 12.9. The van der Waals surface area contributed by atoms with E-state index in [1.807, 2.05) is 0 Å². The van der Waals surface area contributed by atoms with Crippen molar-refractivity contribution >= 4 is 28.8 Å². The molecule has 0 aliphatic carbocycles. The standard InChI is InChI=1S/C20H16F3N3O3S/c1-24-17(27)10-29-15-7-3-6-14(9-15)25-18(28)16-11-30-19(26-16)12-4-2-5-13(8-12)20(21,22)23/h2-9,11H,10H2,1H3,(H,24,27)(H,25,28). The van der Waals surface area contributed by atoms with Gasteiger partial charge < -0.3 is 15.4 Å². The molecule has 0 saturated carbocycles. The molecule has 0 aliphatic heterocycles. The second kappa shape index (κ2) is 8.95. The van der Waals surface area contributed by atoms with Crippen LogP contribution in [0, 0.1) is 0 Å². The Hall–Kier alpha value is -3.40. The summed E-state index contributed by atoms with van der Waals surface area (Å²) in [4.78, 5) is 27.9. The van der Waals surface area contributed by atoms with Crippen molar-refractivity contribution < 1.29 is 27.5 Å². The van der Waals surface area contributed by atoms with Gasteiger partial charge in [-0.25, -0.2) is 4.98 Å². The van der Waals surface area contributed by atoms with E-state index in [-0.39, 0.29) is 23.8 Å². The molecule has 0 bridgehead atoms. The summed E-state index contributed by atoms with van der Waals surface area (Å²) in [6.07, 6.45) is -4.46. The van der Waals surface area contributed by atoms with Crippen LogP contribution >= 0.6 is 11.3 Å². The molecule has 2 aromatic carbocycles. The van der Waals surface area contributed by atoms with E-state index in [0.29, 0.717) is 16.4 Å². The van der Waals surface area contributed by atoms with Crippen LogP contribution < -0.4 is 15.4 Å². The number of thiazole rings is 1. The molecule has 156 valence electrons. The molecule has 3 aromatic rings. The van der Waals surface area contributed by atoms with Gasteiger partial charge >= 0.3 is 6.18 Å². The number of likely N-dealkylation sites (N-methyl/N-ethyl adjacent to an activating group) is 1. The lowest BCUT2D eigenvalue weighted by Crippen LogP contribution is -2.24. The van der Waals surface area contributed by atoms with Crippen LogP contribution in [0.1, 0.15) is 16.1 Å². The van der Waals surface area contributed by atoms with Crippen LogP contribution in [0.15, 0.2) is 53.9 Å². The topological polar surface area (TPSA) is 80.3 Å². The second-order valence-electron chi connectivity index (χ2n) is 6.06. The molecule has 0 radical (unpaired) electrons. The van der Waals surface area contributed by atoms with Crippen molar-refractivity contribution in [1.29, 1.82) is 0 Å². The van der Waals surface area contributed by atoms with Crippen molar-refractivity contribution in [2.24, 2.45) is 0 Å². The third kappa shape index (κ3) is 5.35. The Morgan fingerprint density at radius 1 is 1.13 bits per heavy atom. The van der Waals surface area contributed by atoms with Crippen molar-refractivity contribution in [3.05, 3.63) is 65.2 Å². The average Bonchev–Trinajstić information content (AvgIpc) is 3.22. The highest BCUT2D eigenvalue weighted by atomic mass is 32.1. The van der Waals surface area contributed by atoms with Gasteiger partial charge in [0.25, 0.3) is 11.8 Å². The van der Waals surface area contributed by atoms with Gasteiger partial charge in [-0.05, 0) is 24.3 Å². The predicted molar refractivity (Wildman–Crippen MR) is 107 cm³/mol. The molecular formula is C20H16F3N3O3S. The summed E-state index contributed by atoms with van der Waals surface area (Å²) in [5, 5.41) is 6.84. The first-order valence-corrected chi connectivity index (χ1v) is 9.52. The van der Waals surface area contributed by atoms with Gasteiger partial charge in [-0.2, -0.15) is 13.2 Å². The number of carbonyl (C=O) groups is 2. The summed E-state index contributed by atoms with van der Waals surface area (Å²) in [5.41, 5.74) is -0.0136. The number of rotatable bonds is 6. The van der Waals surface area contributed by atoms with Crippen LogP contribution in [-0.2, 0) is 11.0 Å². The molecular weight excluding hydrogens is 419 g/mol. The molecule has 0 atom stereocenters. The maximum Gasteiger partial charge on any atom is 0.416 e. The quantitative estimate of drug-likeness (QED) is 0.608. The monoisotopic (exact) mass is 435 g/mol. The third-order valence-electron chi connectivity index (χ3n) is 3.91. The van der Waals surface area contributed by atoms with Gasteiger partial charge in [-0.3, -0.25) is 9.59 Å². The second-order valence-corrected chi connectivity index (χ2v) is 6.92. The molecule has 2 N–H and O–H groups in total. The fourth-order valence-electron chi connectivity index (χ4n) is 2.42. The highest BCUT2D eigenvalue weighted by Crippen LogP contribution is 2.33. The molecule has 1 heterocycles. The number of ether oxygens (including phenoxy) is 1. The number of anilines is 1. The molecule has 0 saturated heterocycles. The van der Waals surface area contributed by atoms with E-state index in [1.54, 1.807) is 24.3 Å². The van der Waals surface area contributed by atoms with Crippen LogP contribution in [0.5, 0.6) is 5.75 Å². The largest absolute Gasteiger partial charge is 0.484 e. The van der Waals surface area contributed by atoms with Gasteiger partial charge in [0.05, 0.1) is 5.56 Å². The number of nitrogens with one attached hydrogen (secondary N) is 2. The summed E-state index contributed by atoms with van der Waals surface area (Å²) >= 11 is 1.07. The number of amides is 2. The molecule has 0 unspecified atom stereocenters. The van der Waals surface area contributed by atoms with Crippen LogP contribution in [0.3, 0.4) is 0 Å². The minimum absolute atomic E-state index is 0.0732. The molecule has 2 amide bonds. The number of hydrogen-bond acceptors (Lipinski definition) is 5. The van der Waals surface area contributed by atoms with Gasteiger partial charge in [-0.15, -0.1) is 11.3 Å². The van der Waals surface area contributed by atoms with Crippen molar-refractivity contribution in [2.45, 2.75) is 6.18 Å². The average molecular weight is 435 g/mol. The van der Waals surface area contributed by atoms with Gasteiger partial charge in [0.1, 0.15) is 16.5 Å². The molecule has 1 aromatic heterocycles. The fraction of sp³-hybridized carbons (Fsp3) is 0.150. The molecule has 6 nitrogen and oxygen atoms in total. The normalized spacial score (nSPS) is 11.1. The number of benzene rings is 2. The summed E-state index contributed by atoms with van der Waals surface area (Å²) in [6.45, 7) is -0.166. The Kier molecular flexibility index (Phi) is 6.36. The van der Waals surface area contributed by atoms with Crippen LogP contribution in [0.25, 0.3) is 10.6 Å². The van der Waals surface area contributed by atoms with E-state index in [9.17, 15) is 22.8 Å². The zero-order chi connectivity index (χ0) is 21.7. The van der Waals surface area contributed by atoms with Gasteiger partial charge in [0, 0.05) is 29.7 Å². The smallest absolute Gasteiger partial charge is 0.416 e. The van der Waals surface area contributed by atoms with Crippen LogP contribution in [0.4, 0.5) is 18.9 Å². The highest BCUT2D eigenvalue weighted by Gasteiger charge is 2.30. The van der Waals surface area contributed by atoms with E-state index in [1.165, 1.54) is 24.6 Å². The minimum Gasteiger partial charge on any atom is -0.484 e. The Balaban J connectivity index is 1.71. The number of halogens is 3. The summed E-state index contributed by atoms with van der Waals surface area (Å²) in [6, 6.07) is 11.2. The highest BCUT2D eigenvalue weighted by molar-refractivity contribution is 7.13. The maximum absolute atomic E-state index is 12.9. The summed E-state index contributed by atoms with van der Waals surface area (Å²) in [7, 11) is 1.49. The Morgan fingerprint density at radius 3 is 2.63 bits per heavy atom. The first-order valence-electron chi connectivity index (χ1n) is 8.64. The lowest BCUT2D eigenvalue weighted by atomic mass is 10.1.